The van der Waals surface area contributed by atoms with Crippen molar-refractivity contribution >= 4 is 21.6 Å². The largest absolute Gasteiger partial charge is 0.345 e. The van der Waals surface area contributed by atoms with E-state index in [0.717, 1.165) is 21.9 Å². The first kappa shape index (κ1) is 22.6. The number of para-hydroxylation sites is 1. The van der Waals surface area contributed by atoms with E-state index in [-0.39, 0.29) is 16.8 Å². The number of amides is 1. The van der Waals surface area contributed by atoms with Gasteiger partial charge in [0.05, 0.1) is 22.2 Å². The highest BCUT2D eigenvalue weighted by Gasteiger charge is 2.25. The zero-order valence-electron chi connectivity index (χ0n) is 18.3. The second-order valence-electron chi connectivity index (χ2n) is 7.59. The summed E-state index contributed by atoms with van der Waals surface area (Å²) in [5.41, 5.74) is 3.83. The third-order valence-corrected chi connectivity index (χ3v) is 7.19. The molecule has 0 fully saturated rings. The van der Waals surface area contributed by atoms with Gasteiger partial charge in [0.15, 0.2) is 0 Å². The van der Waals surface area contributed by atoms with Crippen LogP contribution in [0.25, 0.3) is 0 Å². The molecule has 3 aromatic carbocycles. The maximum Gasteiger partial charge on any atom is 0.264 e. The van der Waals surface area contributed by atoms with Gasteiger partial charge in [-0.05, 0) is 55.7 Å². The Hall–Kier alpha value is -3.12. The molecular formula is C25H28N2O3S. The highest BCUT2D eigenvalue weighted by atomic mass is 32.2. The molecule has 3 aromatic rings. The monoisotopic (exact) mass is 436 g/mol. The van der Waals surface area contributed by atoms with Crippen molar-refractivity contribution < 1.29 is 13.2 Å². The minimum Gasteiger partial charge on any atom is -0.345 e. The molecule has 0 saturated carbocycles. The summed E-state index contributed by atoms with van der Waals surface area (Å²) in [5.74, 6) is -0.325. The number of sulfonamides is 1. The zero-order chi connectivity index (χ0) is 22.6. The van der Waals surface area contributed by atoms with E-state index in [1.807, 2.05) is 38.1 Å². The Morgan fingerprint density at radius 1 is 0.968 bits per heavy atom. The summed E-state index contributed by atoms with van der Waals surface area (Å²) in [7, 11) is -2.33. The Kier molecular flexibility index (Phi) is 6.81. The van der Waals surface area contributed by atoms with Gasteiger partial charge in [-0.2, -0.15) is 0 Å². The number of hydrogen-bond donors (Lipinski definition) is 1. The minimum atomic E-state index is -3.80. The molecule has 162 valence electrons. The van der Waals surface area contributed by atoms with Crippen LogP contribution in [0, 0.1) is 6.92 Å². The minimum absolute atomic E-state index is 0.181. The van der Waals surface area contributed by atoms with Crippen LogP contribution in [0.2, 0.25) is 0 Å². The molecule has 6 heteroatoms. The predicted molar refractivity (Wildman–Crippen MR) is 125 cm³/mol. The second kappa shape index (κ2) is 9.35. The highest BCUT2D eigenvalue weighted by molar-refractivity contribution is 7.92. The van der Waals surface area contributed by atoms with E-state index in [1.165, 1.54) is 12.6 Å². The Morgan fingerprint density at radius 3 is 2.19 bits per heavy atom. The van der Waals surface area contributed by atoms with E-state index in [4.69, 9.17) is 0 Å². The van der Waals surface area contributed by atoms with Crippen LogP contribution in [0.15, 0.2) is 77.7 Å². The van der Waals surface area contributed by atoms with Crippen LogP contribution >= 0.6 is 0 Å². The lowest BCUT2D eigenvalue weighted by Gasteiger charge is -2.23. The van der Waals surface area contributed by atoms with Crippen molar-refractivity contribution in [1.29, 1.82) is 0 Å². The number of carbonyl (C=O) groups is 1. The molecule has 1 unspecified atom stereocenters. The van der Waals surface area contributed by atoms with Crippen LogP contribution in [-0.4, -0.2) is 21.4 Å². The molecule has 0 radical (unpaired) electrons. The van der Waals surface area contributed by atoms with Crippen LogP contribution in [0.4, 0.5) is 5.69 Å². The molecule has 31 heavy (non-hydrogen) atoms. The summed E-state index contributed by atoms with van der Waals surface area (Å²) in [6.45, 7) is 5.91. The Balaban J connectivity index is 1.86. The highest BCUT2D eigenvalue weighted by Crippen LogP contribution is 2.26. The molecular weight excluding hydrogens is 408 g/mol. The van der Waals surface area contributed by atoms with Gasteiger partial charge in [-0.25, -0.2) is 8.42 Å². The molecule has 1 atom stereocenters. The summed E-state index contributed by atoms with van der Waals surface area (Å²) >= 11 is 0. The van der Waals surface area contributed by atoms with Crippen molar-refractivity contribution in [3.05, 3.63) is 95.1 Å². The average molecular weight is 437 g/mol. The van der Waals surface area contributed by atoms with Crippen LogP contribution in [-0.2, 0) is 16.4 Å². The van der Waals surface area contributed by atoms with Crippen molar-refractivity contribution in [2.24, 2.45) is 0 Å². The van der Waals surface area contributed by atoms with E-state index >= 15 is 0 Å². The number of hydrogen-bond acceptors (Lipinski definition) is 3. The SMILES string of the molecule is CCc1ccc(C(C)NC(=O)c2ccccc2N(C)S(=O)(=O)c2ccc(C)cc2)cc1. The lowest BCUT2D eigenvalue weighted by molar-refractivity contribution is 0.0940. The van der Waals surface area contributed by atoms with Crippen LogP contribution < -0.4 is 9.62 Å². The average Bonchev–Trinajstić information content (AvgIpc) is 2.78. The van der Waals surface area contributed by atoms with Crippen molar-refractivity contribution in [3.63, 3.8) is 0 Å². The molecule has 0 aliphatic carbocycles. The molecule has 0 bridgehead atoms. The number of rotatable bonds is 7. The number of aryl methyl sites for hydroxylation is 2. The van der Waals surface area contributed by atoms with Gasteiger partial charge in [0.1, 0.15) is 0 Å². The summed E-state index contributed by atoms with van der Waals surface area (Å²) < 4.78 is 27.4. The number of anilines is 1. The molecule has 3 rings (SSSR count). The Labute approximate surface area is 184 Å². The van der Waals surface area contributed by atoms with Crippen molar-refractivity contribution in [1.82, 2.24) is 5.32 Å². The lowest BCUT2D eigenvalue weighted by Crippen LogP contribution is -2.31. The third kappa shape index (κ3) is 4.97. The van der Waals surface area contributed by atoms with Gasteiger partial charge in [0.25, 0.3) is 15.9 Å². The van der Waals surface area contributed by atoms with Gasteiger partial charge in [0, 0.05) is 7.05 Å². The quantitative estimate of drug-likeness (QED) is 0.574. The first-order valence-electron chi connectivity index (χ1n) is 10.3. The molecule has 0 saturated heterocycles. The maximum absolute atomic E-state index is 13.1. The molecule has 0 aliphatic heterocycles. The van der Waals surface area contributed by atoms with Gasteiger partial charge < -0.3 is 5.32 Å². The smallest absolute Gasteiger partial charge is 0.264 e. The van der Waals surface area contributed by atoms with Gasteiger partial charge >= 0.3 is 0 Å². The van der Waals surface area contributed by atoms with E-state index in [1.54, 1.807) is 48.5 Å². The number of benzene rings is 3. The maximum atomic E-state index is 13.1. The van der Waals surface area contributed by atoms with E-state index in [2.05, 4.69) is 12.2 Å². The molecule has 5 nitrogen and oxygen atoms in total. The summed E-state index contributed by atoms with van der Waals surface area (Å²) in [5, 5.41) is 2.98. The Bertz CT molecular complexity index is 1150. The van der Waals surface area contributed by atoms with Gasteiger partial charge in [0.2, 0.25) is 0 Å². The zero-order valence-corrected chi connectivity index (χ0v) is 19.1. The molecule has 0 spiro atoms. The van der Waals surface area contributed by atoms with E-state index in [0.29, 0.717) is 11.3 Å². The van der Waals surface area contributed by atoms with Crippen molar-refractivity contribution in [3.8, 4) is 0 Å². The lowest BCUT2D eigenvalue weighted by atomic mass is 10.0. The topological polar surface area (TPSA) is 66.5 Å². The van der Waals surface area contributed by atoms with Gasteiger partial charge in [-0.1, -0.05) is 61.0 Å². The number of nitrogens with one attached hydrogen (secondary N) is 1. The van der Waals surface area contributed by atoms with Gasteiger partial charge in [-0.3, -0.25) is 9.10 Å². The second-order valence-corrected chi connectivity index (χ2v) is 9.56. The van der Waals surface area contributed by atoms with Crippen LogP contribution in [0.1, 0.15) is 46.9 Å². The fourth-order valence-electron chi connectivity index (χ4n) is 3.34. The summed E-state index contributed by atoms with van der Waals surface area (Å²) in [6, 6.07) is 21.3. The standard InChI is InChI=1S/C25H28N2O3S/c1-5-20-12-14-21(15-13-20)19(3)26-25(28)23-8-6-7-9-24(23)27(4)31(29,30)22-16-10-18(2)11-17-22/h6-17,19H,5H2,1-4H3,(H,26,28). The van der Waals surface area contributed by atoms with Crippen molar-refractivity contribution in [2.75, 3.05) is 11.4 Å². The first-order valence-corrected chi connectivity index (χ1v) is 11.7. The fourth-order valence-corrected chi connectivity index (χ4v) is 4.55. The fraction of sp³-hybridized carbons (Fsp3) is 0.240. The Morgan fingerprint density at radius 2 is 1.58 bits per heavy atom. The number of nitrogens with zero attached hydrogens (tertiary/aromatic N) is 1. The number of carbonyl (C=O) groups excluding carboxylic acids is 1. The first-order chi connectivity index (χ1) is 14.7. The molecule has 0 aliphatic rings. The normalized spacial score (nSPS) is 12.3. The van der Waals surface area contributed by atoms with Crippen LogP contribution in [0.5, 0.6) is 0 Å². The molecule has 0 heterocycles. The predicted octanol–water partition coefficient (Wildman–Crippen LogP) is 4.87. The van der Waals surface area contributed by atoms with Gasteiger partial charge in [-0.15, -0.1) is 0 Å². The molecule has 1 amide bonds. The third-order valence-electron chi connectivity index (χ3n) is 5.40. The van der Waals surface area contributed by atoms with Crippen LogP contribution in [0.3, 0.4) is 0 Å². The summed E-state index contributed by atoms with van der Waals surface area (Å²) in [4.78, 5) is 13.2. The molecule has 0 aromatic heterocycles. The van der Waals surface area contributed by atoms with E-state index < -0.39 is 10.0 Å². The molecule has 1 N–H and O–H groups in total. The van der Waals surface area contributed by atoms with Crippen molar-refractivity contribution in [2.45, 2.75) is 38.1 Å². The summed E-state index contributed by atoms with van der Waals surface area (Å²) in [6.07, 6.45) is 0.955. The van der Waals surface area contributed by atoms with E-state index in [9.17, 15) is 13.2 Å².